The van der Waals surface area contributed by atoms with Gasteiger partial charge in [-0.05, 0) is 75.8 Å². The lowest BCUT2D eigenvalue weighted by Gasteiger charge is -1.91. The summed E-state index contributed by atoms with van der Waals surface area (Å²) in [7, 11) is 0. The summed E-state index contributed by atoms with van der Waals surface area (Å²) in [5.74, 6) is 2.13. The maximum absolute atomic E-state index is 5.71. The molecule has 0 nitrogen and oxygen atoms in total. The van der Waals surface area contributed by atoms with Crippen LogP contribution in [0.4, 0.5) is 0 Å². The second-order valence-corrected chi connectivity index (χ2v) is 12.3. The average Bonchev–Trinajstić information content (AvgIpc) is 3.58. The summed E-state index contributed by atoms with van der Waals surface area (Å²) in [6, 6.07) is 34.3. The lowest BCUT2D eigenvalue weighted by Crippen LogP contribution is -1.78. The molecule has 0 amide bonds. The molecule has 0 N–H and O–H groups in total. The number of halogens is 2. The highest BCUT2D eigenvalue weighted by Gasteiger charge is 2.12. The van der Waals surface area contributed by atoms with Crippen molar-refractivity contribution >= 4 is 23.2 Å². The minimum atomic E-state index is 0.810. The van der Waals surface area contributed by atoms with Crippen molar-refractivity contribution in [1.82, 2.24) is 0 Å². The van der Waals surface area contributed by atoms with Gasteiger partial charge in [0.15, 0.2) is 0 Å². The fraction of sp³-hybridized carbons (Fsp3) is 0.385. The van der Waals surface area contributed by atoms with Crippen LogP contribution in [0.3, 0.4) is 0 Å². The fourth-order valence-electron chi connectivity index (χ4n) is 3.62. The summed E-state index contributed by atoms with van der Waals surface area (Å²) in [5, 5.41) is 1.65. The van der Waals surface area contributed by atoms with Crippen molar-refractivity contribution < 1.29 is 0 Å². The second-order valence-electron chi connectivity index (χ2n) is 11.4. The summed E-state index contributed by atoms with van der Waals surface area (Å²) in [5.41, 5.74) is 6.32. The molecule has 0 atom stereocenters. The summed E-state index contributed by atoms with van der Waals surface area (Å²) in [6.45, 7) is 14.9. The van der Waals surface area contributed by atoms with Gasteiger partial charge >= 0.3 is 0 Å². The molecule has 0 aromatic heterocycles. The molecule has 0 aliphatic heterocycles. The van der Waals surface area contributed by atoms with Gasteiger partial charge in [0, 0.05) is 10.0 Å². The molecule has 222 valence electrons. The van der Waals surface area contributed by atoms with Crippen LogP contribution in [-0.4, -0.2) is 0 Å². The van der Waals surface area contributed by atoms with Gasteiger partial charge in [-0.2, -0.15) is 0 Å². The number of aryl methyl sites for hydroxylation is 5. The van der Waals surface area contributed by atoms with E-state index < -0.39 is 0 Å². The highest BCUT2D eigenvalue weighted by molar-refractivity contribution is 6.31. The molecule has 4 aromatic rings. The third-order valence-electron chi connectivity index (χ3n) is 6.73. The van der Waals surface area contributed by atoms with E-state index in [1.54, 1.807) is 0 Å². The molecular formula is C39H52Cl2. The van der Waals surface area contributed by atoms with Crippen molar-refractivity contribution in [3.05, 3.63) is 141 Å². The number of benzene rings is 4. The molecule has 2 saturated carbocycles. The molecule has 0 unspecified atom stereocenters. The van der Waals surface area contributed by atoms with Gasteiger partial charge in [0.1, 0.15) is 0 Å². The average molecular weight is 592 g/mol. The summed E-state index contributed by atoms with van der Waals surface area (Å²) in [4.78, 5) is 0. The van der Waals surface area contributed by atoms with Crippen LogP contribution in [0.2, 0.25) is 10.0 Å². The van der Waals surface area contributed by atoms with Crippen LogP contribution in [0.15, 0.2) is 103 Å². The highest BCUT2D eigenvalue weighted by atomic mass is 35.5. The maximum atomic E-state index is 5.71. The maximum Gasteiger partial charge on any atom is 0.0435 e. The molecule has 0 spiro atoms. The molecule has 0 bridgehead atoms. The van der Waals surface area contributed by atoms with Gasteiger partial charge in [-0.25, -0.2) is 0 Å². The molecule has 6 rings (SSSR count). The SMILES string of the molecule is CC1CC1.CC1CCCC1.Cc1ccc(C)cc1.Cc1cccc(Cl)c1.Cc1ccccc1.Cc1ccccc1Cl. The first-order valence-corrected chi connectivity index (χ1v) is 15.8. The molecular weight excluding hydrogens is 539 g/mol. The molecule has 2 heteroatoms. The Hall–Kier alpha value is -2.54. The van der Waals surface area contributed by atoms with Crippen molar-refractivity contribution in [2.75, 3.05) is 0 Å². The smallest absolute Gasteiger partial charge is 0.0435 e. The van der Waals surface area contributed by atoms with Crippen LogP contribution in [0.25, 0.3) is 0 Å². The number of hydrogen-bond donors (Lipinski definition) is 0. The van der Waals surface area contributed by atoms with E-state index in [-0.39, 0.29) is 0 Å². The zero-order chi connectivity index (χ0) is 30.5. The summed E-state index contributed by atoms with van der Waals surface area (Å²) in [6.07, 6.45) is 8.92. The first kappa shape index (κ1) is 36.5. The molecule has 0 heterocycles. The normalized spacial score (nSPS) is 13.2. The lowest BCUT2D eigenvalue weighted by molar-refractivity contribution is 0.612. The zero-order valence-corrected chi connectivity index (χ0v) is 28.0. The lowest BCUT2D eigenvalue weighted by atomic mass is 10.2. The van der Waals surface area contributed by atoms with Crippen LogP contribution in [0.5, 0.6) is 0 Å². The van der Waals surface area contributed by atoms with Gasteiger partial charge in [-0.1, -0.05) is 177 Å². The largest absolute Gasteiger partial charge is 0.0843 e. The van der Waals surface area contributed by atoms with E-state index in [4.69, 9.17) is 23.2 Å². The standard InChI is InChI=1S/C8H10.2C7H7Cl.C7H8.C6H12.C4H8/c1-7-3-5-8(2)6-4-7;1-6-3-2-4-7(8)5-6;1-6-4-2-3-5-7(6)8;1-7-5-3-2-4-6-7;1-6-4-2-3-5-6;1-4-2-3-4/h3-6H,1-2H3;2*2-5H,1H3;2-6H,1H3;6H,2-5H2,1H3;4H,2-3H2,1H3. The predicted octanol–water partition coefficient (Wildman–Crippen LogP) is 13.2. The zero-order valence-electron chi connectivity index (χ0n) is 26.5. The minimum Gasteiger partial charge on any atom is -0.0843 e. The van der Waals surface area contributed by atoms with Crippen LogP contribution < -0.4 is 0 Å². The first-order valence-electron chi connectivity index (χ1n) is 15.0. The summed E-state index contributed by atoms with van der Waals surface area (Å²) >= 11 is 11.4. The van der Waals surface area contributed by atoms with Crippen molar-refractivity contribution in [2.24, 2.45) is 11.8 Å². The Bertz CT molecular complexity index is 1110. The van der Waals surface area contributed by atoms with Crippen molar-refractivity contribution in [3.63, 3.8) is 0 Å². The topological polar surface area (TPSA) is 0 Å². The summed E-state index contributed by atoms with van der Waals surface area (Å²) < 4.78 is 0. The van der Waals surface area contributed by atoms with E-state index in [1.807, 2.05) is 80.6 Å². The molecule has 2 aliphatic carbocycles. The van der Waals surface area contributed by atoms with Crippen LogP contribution in [0.1, 0.15) is 80.2 Å². The first-order chi connectivity index (χ1) is 19.6. The van der Waals surface area contributed by atoms with Gasteiger partial charge in [0.05, 0.1) is 0 Å². The van der Waals surface area contributed by atoms with Crippen molar-refractivity contribution in [3.8, 4) is 0 Å². The van der Waals surface area contributed by atoms with Gasteiger partial charge in [0.25, 0.3) is 0 Å². The van der Waals surface area contributed by atoms with Gasteiger partial charge in [0.2, 0.25) is 0 Å². The van der Waals surface area contributed by atoms with E-state index in [0.717, 1.165) is 27.4 Å². The quantitative estimate of drug-likeness (QED) is 0.191. The van der Waals surface area contributed by atoms with E-state index in [2.05, 4.69) is 71.0 Å². The van der Waals surface area contributed by atoms with Crippen molar-refractivity contribution in [1.29, 1.82) is 0 Å². The number of hydrogen-bond acceptors (Lipinski definition) is 0. The second kappa shape index (κ2) is 22.1. The molecule has 0 radical (unpaired) electrons. The van der Waals surface area contributed by atoms with E-state index in [9.17, 15) is 0 Å². The molecule has 4 aromatic carbocycles. The Balaban J connectivity index is 0.000000249. The van der Waals surface area contributed by atoms with E-state index >= 15 is 0 Å². The van der Waals surface area contributed by atoms with Crippen LogP contribution in [-0.2, 0) is 0 Å². The Morgan fingerprint density at radius 1 is 0.463 bits per heavy atom. The molecule has 2 fully saturated rings. The van der Waals surface area contributed by atoms with Crippen LogP contribution >= 0.6 is 23.2 Å². The third-order valence-corrected chi connectivity index (χ3v) is 7.38. The van der Waals surface area contributed by atoms with Gasteiger partial charge in [-0.15, -0.1) is 0 Å². The predicted molar refractivity (Wildman–Crippen MR) is 186 cm³/mol. The van der Waals surface area contributed by atoms with Crippen molar-refractivity contribution in [2.45, 2.75) is 87.0 Å². The Labute approximate surface area is 262 Å². The number of rotatable bonds is 0. The fourth-order valence-corrected chi connectivity index (χ4v) is 4.00. The van der Waals surface area contributed by atoms with Crippen LogP contribution in [0, 0.1) is 46.5 Å². The Morgan fingerprint density at radius 2 is 0.902 bits per heavy atom. The third kappa shape index (κ3) is 21.8. The van der Waals surface area contributed by atoms with E-state index in [0.29, 0.717) is 0 Å². The Kier molecular flexibility index (Phi) is 19.7. The molecule has 2 aliphatic rings. The van der Waals surface area contributed by atoms with E-state index in [1.165, 1.54) is 60.8 Å². The highest BCUT2D eigenvalue weighted by Crippen LogP contribution is 2.26. The molecule has 0 saturated heterocycles. The minimum absolute atomic E-state index is 0.810. The van der Waals surface area contributed by atoms with Gasteiger partial charge < -0.3 is 0 Å². The monoisotopic (exact) mass is 590 g/mol. The molecule has 41 heavy (non-hydrogen) atoms. The van der Waals surface area contributed by atoms with Gasteiger partial charge in [-0.3, -0.25) is 0 Å². The Morgan fingerprint density at radius 3 is 1.17 bits per heavy atom.